The van der Waals surface area contributed by atoms with Crippen molar-refractivity contribution in [3.8, 4) is 11.5 Å². The van der Waals surface area contributed by atoms with Crippen LogP contribution >= 0.6 is 0 Å². The number of phenols is 1. The molecule has 26 heavy (non-hydrogen) atoms. The average Bonchev–Trinajstić information content (AvgIpc) is 2.60. The highest BCUT2D eigenvalue weighted by atomic mass is 16.6. The van der Waals surface area contributed by atoms with Crippen LogP contribution < -0.4 is 10.5 Å². The molecular weight excluding hydrogens is 340 g/mol. The van der Waals surface area contributed by atoms with Crippen molar-refractivity contribution in [3.05, 3.63) is 75.2 Å². The molecule has 134 valence electrons. The number of benzene rings is 2. The third-order valence-corrected chi connectivity index (χ3v) is 3.99. The number of nitro groups is 1. The number of hydrogen-bond donors (Lipinski definition) is 2. The molecule has 0 bridgehead atoms. The second-order valence-corrected chi connectivity index (χ2v) is 5.61. The van der Waals surface area contributed by atoms with Crippen molar-refractivity contribution >= 4 is 11.7 Å². The zero-order chi connectivity index (χ0) is 18.8. The minimum atomic E-state index is -0.724. The molecule has 1 aliphatic rings. The van der Waals surface area contributed by atoms with Crippen LogP contribution in [0.4, 0.5) is 5.69 Å². The fourth-order valence-corrected chi connectivity index (χ4v) is 2.91. The number of fused-ring (bicyclic) bond motifs is 1. The number of carbonyl (C=O) groups excluding carboxylic acids is 1. The molecular formula is C18H16N2O6. The van der Waals surface area contributed by atoms with Gasteiger partial charge in [0.2, 0.25) is 5.88 Å². The number of nitrogens with two attached hydrogens (primary N) is 1. The van der Waals surface area contributed by atoms with Gasteiger partial charge in [0.25, 0.3) is 5.69 Å². The zero-order valence-electron chi connectivity index (χ0n) is 13.8. The van der Waals surface area contributed by atoms with Gasteiger partial charge in [0, 0.05) is 23.8 Å². The zero-order valence-corrected chi connectivity index (χ0v) is 13.8. The van der Waals surface area contributed by atoms with Crippen molar-refractivity contribution in [2.24, 2.45) is 5.73 Å². The van der Waals surface area contributed by atoms with Gasteiger partial charge >= 0.3 is 5.97 Å². The van der Waals surface area contributed by atoms with E-state index in [1.54, 1.807) is 19.1 Å². The average molecular weight is 356 g/mol. The Morgan fingerprint density at radius 1 is 1.35 bits per heavy atom. The number of rotatable bonds is 4. The van der Waals surface area contributed by atoms with Crippen LogP contribution in [0.25, 0.3) is 0 Å². The Morgan fingerprint density at radius 2 is 2.12 bits per heavy atom. The van der Waals surface area contributed by atoms with E-state index in [4.69, 9.17) is 15.2 Å². The van der Waals surface area contributed by atoms with Gasteiger partial charge in [-0.05, 0) is 18.6 Å². The predicted molar refractivity (Wildman–Crippen MR) is 91.5 cm³/mol. The van der Waals surface area contributed by atoms with Gasteiger partial charge in [-0.2, -0.15) is 0 Å². The summed E-state index contributed by atoms with van der Waals surface area (Å²) in [6.07, 6.45) is 0. The lowest BCUT2D eigenvalue weighted by Crippen LogP contribution is -2.27. The molecule has 3 N–H and O–H groups in total. The summed E-state index contributed by atoms with van der Waals surface area (Å²) in [5.41, 5.74) is 6.92. The first-order valence-electron chi connectivity index (χ1n) is 7.84. The fraction of sp³-hybridized carbons (Fsp3) is 0.167. The van der Waals surface area contributed by atoms with E-state index in [9.17, 15) is 20.0 Å². The van der Waals surface area contributed by atoms with Crippen molar-refractivity contribution in [1.82, 2.24) is 0 Å². The number of nitro benzene ring substituents is 1. The fourth-order valence-electron chi connectivity index (χ4n) is 2.91. The van der Waals surface area contributed by atoms with Crippen LogP contribution in [0.1, 0.15) is 24.0 Å². The minimum absolute atomic E-state index is 0.0334. The molecule has 0 fully saturated rings. The highest BCUT2D eigenvalue weighted by molar-refractivity contribution is 5.92. The molecule has 1 atom stereocenters. The summed E-state index contributed by atoms with van der Waals surface area (Å²) < 4.78 is 10.6. The van der Waals surface area contributed by atoms with Gasteiger partial charge in [0.05, 0.1) is 17.4 Å². The van der Waals surface area contributed by atoms with Crippen LogP contribution in [-0.2, 0) is 9.53 Å². The lowest BCUT2D eigenvalue weighted by atomic mass is 9.83. The van der Waals surface area contributed by atoms with Crippen LogP contribution in [0.2, 0.25) is 0 Å². The molecule has 0 unspecified atom stereocenters. The van der Waals surface area contributed by atoms with Gasteiger partial charge in [0.15, 0.2) is 0 Å². The minimum Gasteiger partial charge on any atom is -0.508 e. The maximum absolute atomic E-state index is 12.5. The quantitative estimate of drug-likeness (QED) is 0.490. The number of aromatic hydroxyl groups is 1. The largest absolute Gasteiger partial charge is 0.508 e. The first kappa shape index (κ1) is 17.3. The normalized spacial score (nSPS) is 15.8. The third kappa shape index (κ3) is 3.04. The standard InChI is InChI=1S/C18H16N2O6/c1-2-25-18(22)16-15(10-4-3-5-11(8-10)20(23)24)13-7-6-12(21)9-14(13)26-17(16)19/h3-9,15,21H,2,19H2,1H3/t15-/m0/s1. The van der Waals surface area contributed by atoms with E-state index in [0.29, 0.717) is 11.1 Å². The van der Waals surface area contributed by atoms with Gasteiger partial charge in [0.1, 0.15) is 17.1 Å². The Kier molecular flexibility index (Phi) is 4.49. The smallest absolute Gasteiger partial charge is 0.340 e. The maximum Gasteiger partial charge on any atom is 0.340 e. The Bertz CT molecular complexity index is 922. The van der Waals surface area contributed by atoms with Crippen LogP contribution in [0.15, 0.2) is 53.9 Å². The van der Waals surface area contributed by atoms with Crippen molar-refractivity contribution in [1.29, 1.82) is 0 Å². The third-order valence-electron chi connectivity index (χ3n) is 3.99. The van der Waals surface area contributed by atoms with E-state index in [-0.39, 0.29) is 35.2 Å². The number of esters is 1. The van der Waals surface area contributed by atoms with Crippen molar-refractivity contribution in [2.45, 2.75) is 12.8 Å². The summed E-state index contributed by atoms with van der Waals surface area (Å²) in [6.45, 7) is 1.80. The summed E-state index contributed by atoms with van der Waals surface area (Å²) in [4.78, 5) is 23.1. The predicted octanol–water partition coefficient (Wildman–Crippen LogP) is 2.56. The molecule has 0 radical (unpaired) electrons. The first-order chi connectivity index (χ1) is 12.4. The monoisotopic (exact) mass is 356 g/mol. The molecule has 8 heteroatoms. The van der Waals surface area contributed by atoms with Gasteiger partial charge in [-0.1, -0.05) is 18.2 Å². The molecule has 1 heterocycles. The number of hydrogen-bond acceptors (Lipinski definition) is 7. The molecule has 2 aromatic rings. The van der Waals surface area contributed by atoms with Gasteiger partial charge in [-0.3, -0.25) is 10.1 Å². The van der Waals surface area contributed by atoms with Crippen molar-refractivity contribution in [2.75, 3.05) is 6.61 Å². The molecule has 2 aromatic carbocycles. The summed E-state index contributed by atoms with van der Waals surface area (Å²) in [6, 6.07) is 10.3. The highest BCUT2D eigenvalue weighted by Gasteiger charge is 2.36. The van der Waals surface area contributed by atoms with E-state index in [1.165, 1.54) is 30.3 Å². The highest BCUT2D eigenvalue weighted by Crippen LogP contribution is 2.44. The van der Waals surface area contributed by atoms with E-state index in [2.05, 4.69) is 0 Å². The molecule has 0 saturated carbocycles. The number of non-ortho nitro benzene ring substituents is 1. The van der Waals surface area contributed by atoms with E-state index in [1.807, 2.05) is 0 Å². The van der Waals surface area contributed by atoms with Crippen LogP contribution in [-0.4, -0.2) is 22.6 Å². The number of ether oxygens (including phenoxy) is 2. The lowest BCUT2D eigenvalue weighted by Gasteiger charge is -2.28. The molecule has 0 aliphatic carbocycles. The van der Waals surface area contributed by atoms with E-state index in [0.717, 1.165) is 0 Å². The van der Waals surface area contributed by atoms with Crippen molar-refractivity contribution in [3.63, 3.8) is 0 Å². The first-order valence-corrected chi connectivity index (χ1v) is 7.84. The number of phenolic OH excluding ortho intramolecular Hbond substituents is 1. The SMILES string of the molecule is CCOC(=O)C1=C(N)Oc2cc(O)ccc2[C@@H]1c1cccc([N+](=O)[O-])c1. The van der Waals surface area contributed by atoms with E-state index < -0.39 is 16.8 Å². The topological polar surface area (TPSA) is 125 Å². The Balaban J connectivity index is 2.21. The molecule has 8 nitrogen and oxygen atoms in total. The second-order valence-electron chi connectivity index (χ2n) is 5.61. The molecule has 0 saturated heterocycles. The summed E-state index contributed by atoms with van der Waals surface area (Å²) in [5.74, 6) is -1.32. The van der Waals surface area contributed by atoms with Crippen LogP contribution in [0.5, 0.6) is 11.5 Å². The molecule has 0 aromatic heterocycles. The summed E-state index contributed by atoms with van der Waals surface area (Å²) in [5, 5.41) is 20.8. The molecule has 0 spiro atoms. The molecule has 0 amide bonds. The molecule has 1 aliphatic heterocycles. The summed E-state index contributed by atoms with van der Waals surface area (Å²) >= 11 is 0. The lowest BCUT2D eigenvalue weighted by molar-refractivity contribution is -0.384. The maximum atomic E-state index is 12.5. The molecule has 3 rings (SSSR count). The van der Waals surface area contributed by atoms with Crippen LogP contribution in [0.3, 0.4) is 0 Å². The van der Waals surface area contributed by atoms with Gasteiger partial charge in [-0.25, -0.2) is 4.79 Å². The summed E-state index contributed by atoms with van der Waals surface area (Å²) in [7, 11) is 0. The number of carbonyl (C=O) groups is 1. The van der Waals surface area contributed by atoms with Crippen LogP contribution in [0, 0.1) is 10.1 Å². The van der Waals surface area contributed by atoms with Gasteiger partial charge in [-0.15, -0.1) is 0 Å². The number of nitrogens with zero attached hydrogens (tertiary/aromatic N) is 1. The van der Waals surface area contributed by atoms with E-state index >= 15 is 0 Å². The van der Waals surface area contributed by atoms with Crippen molar-refractivity contribution < 1.29 is 24.3 Å². The Morgan fingerprint density at radius 3 is 2.81 bits per heavy atom. The van der Waals surface area contributed by atoms with Gasteiger partial charge < -0.3 is 20.3 Å². The Hall–Kier alpha value is -3.55. The second kappa shape index (κ2) is 6.75. The Labute approximate surface area is 148 Å².